The Morgan fingerprint density at radius 2 is 1.45 bits per heavy atom. The third-order valence-electron chi connectivity index (χ3n) is 4.34. The third kappa shape index (κ3) is 12.2. The molecule has 0 radical (unpaired) electrons. The minimum absolute atomic E-state index is 0.0347. The molecule has 11 heteroatoms. The molecule has 0 aromatic rings. The SMILES string of the molecule is O=C(O)CN(CCOCCOCCOCCO)C(=O)CCCCCN1C(=O)C=CC1=O. The summed E-state index contributed by atoms with van der Waals surface area (Å²) in [6.07, 6.45) is 4.41. The molecule has 0 atom stereocenters. The zero-order valence-corrected chi connectivity index (χ0v) is 17.7. The second-order valence-corrected chi connectivity index (χ2v) is 6.74. The zero-order valence-electron chi connectivity index (χ0n) is 17.7. The fraction of sp³-hybridized carbons (Fsp3) is 0.700. The molecule has 0 saturated carbocycles. The standard InChI is InChI=1S/C20H32N2O9/c23-9-11-30-13-15-31-14-12-29-10-8-21(16-20(27)28)17(24)4-2-1-3-7-22-18(25)5-6-19(22)26/h5-6,23H,1-4,7-16H2,(H,27,28). The quantitative estimate of drug-likeness (QED) is 0.198. The molecule has 1 aliphatic rings. The highest BCUT2D eigenvalue weighted by molar-refractivity contribution is 6.12. The van der Waals surface area contributed by atoms with Crippen molar-refractivity contribution in [3.8, 4) is 0 Å². The van der Waals surface area contributed by atoms with Crippen LogP contribution in [0.5, 0.6) is 0 Å². The zero-order chi connectivity index (χ0) is 22.9. The Morgan fingerprint density at radius 1 is 0.871 bits per heavy atom. The average Bonchev–Trinajstić information content (AvgIpc) is 3.05. The Kier molecular flexibility index (Phi) is 14.1. The van der Waals surface area contributed by atoms with Gasteiger partial charge in [-0.1, -0.05) is 6.42 Å². The molecule has 0 spiro atoms. The molecule has 0 aromatic heterocycles. The number of carboxylic acids is 1. The van der Waals surface area contributed by atoms with Crippen molar-refractivity contribution in [2.24, 2.45) is 0 Å². The fourth-order valence-corrected chi connectivity index (χ4v) is 2.77. The van der Waals surface area contributed by atoms with Crippen LogP contribution in [-0.2, 0) is 33.4 Å². The summed E-state index contributed by atoms with van der Waals surface area (Å²) in [4.78, 5) is 48.6. The van der Waals surface area contributed by atoms with E-state index < -0.39 is 12.5 Å². The van der Waals surface area contributed by atoms with Gasteiger partial charge in [-0.15, -0.1) is 0 Å². The van der Waals surface area contributed by atoms with Gasteiger partial charge in [0.15, 0.2) is 0 Å². The van der Waals surface area contributed by atoms with E-state index in [0.717, 1.165) is 4.90 Å². The maximum atomic E-state index is 12.3. The first kappa shape index (κ1) is 26.7. The van der Waals surface area contributed by atoms with Gasteiger partial charge < -0.3 is 29.3 Å². The Morgan fingerprint density at radius 3 is 2.03 bits per heavy atom. The monoisotopic (exact) mass is 444 g/mol. The van der Waals surface area contributed by atoms with E-state index in [1.165, 1.54) is 17.1 Å². The van der Waals surface area contributed by atoms with E-state index in [1.807, 2.05) is 0 Å². The van der Waals surface area contributed by atoms with Gasteiger partial charge in [0.25, 0.3) is 11.8 Å². The Hall–Kier alpha value is -2.34. The second kappa shape index (κ2) is 16.4. The van der Waals surface area contributed by atoms with Crippen LogP contribution in [0.3, 0.4) is 0 Å². The van der Waals surface area contributed by atoms with Gasteiger partial charge in [0.1, 0.15) is 6.54 Å². The van der Waals surface area contributed by atoms with E-state index in [4.69, 9.17) is 24.4 Å². The van der Waals surface area contributed by atoms with Crippen molar-refractivity contribution >= 4 is 23.7 Å². The van der Waals surface area contributed by atoms with Crippen LogP contribution in [0.25, 0.3) is 0 Å². The average molecular weight is 444 g/mol. The molecule has 3 amide bonds. The summed E-state index contributed by atoms with van der Waals surface area (Å²) < 4.78 is 15.7. The van der Waals surface area contributed by atoms with Gasteiger partial charge in [0, 0.05) is 31.7 Å². The second-order valence-electron chi connectivity index (χ2n) is 6.74. The van der Waals surface area contributed by atoms with Crippen LogP contribution >= 0.6 is 0 Å². The predicted octanol–water partition coefficient (Wildman–Crippen LogP) is -0.573. The molecule has 11 nitrogen and oxygen atoms in total. The van der Waals surface area contributed by atoms with Gasteiger partial charge in [-0.3, -0.25) is 24.1 Å². The van der Waals surface area contributed by atoms with Crippen molar-refractivity contribution in [1.82, 2.24) is 9.80 Å². The number of carbonyl (C=O) groups is 4. The van der Waals surface area contributed by atoms with Crippen molar-refractivity contribution in [3.63, 3.8) is 0 Å². The molecule has 31 heavy (non-hydrogen) atoms. The van der Waals surface area contributed by atoms with Crippen LogP contribution in [-0.4, -0.2) is 110 Å². The number of aliphatic hydroxyl groups excluding tert-OH is 1. The topological polar surface area (TPSA) is 143 Å². The smallest absolute Gasteiger partial charge is 0.323 e. The first-order valence-electron chi connectivity index (χ1n) is 10.3. The summed E-state index contributed by atoms with van der Waals surface area (Å²) in [7, 11) is 0. The molecular weight excluding hydrogens is 412 g/mol. The van der Waals surface area contributed by atoms with E-state index in [2.05, 4.69) is 0 Å². The predicted molar refractivity (Wildman–Crippen MR) is 108 cm³/mol. The molecule has 2 N–H and O–H groups in total. The number of rotatable bonds is 19. The largest absolute Gasteiger partial charge is 0.480 e. The molecule has 0 bridgehead atoms. The number of unbranched alkanes of at least 4 members (excludes halogenated alkanes) is 2. The number of hydrogen-bond acceptors (Lipinski definition) is 8. The molecule has 1 heterocycles. The van der Waals surface area contributed by atoms with Crippen LogP contribution < -0.4 is 0 Å². The third-order valence-corrected chi connectivity index (χ3v) is 4.34. The number of carboxylic acid groups (broad SMARTS) is 1. The van der Waals surface area contributed by atoms with Gasteiger partial charge in [-0.2, -0.15) is 0 Å². The Balaban J connectivity index is 2.14. The lowest BCUT2D eigenvalue weighted by Gasteiger charge is -2.21. The van der Waals surface area contributed by atoms with Crippen LogP contribution in [0, 0.1) is 0 Å². The lowest BCUT2D eigenvalue weighted by molar-refractivity contribution is -0.145. The molecule has 0 unspecified atom stereocenters. The summed E-state index contributed by atoms with van der Waals surface area (Å²) in [6, 6.07) is 0. The number of aliphatic carboxylic acids is 1. The van der Waals surface area contributed by atoms with E-state index >= 15 is 0 Å². The number of nitrogens with zero attached hydrogens (tertiary/aromatic N) is 2. The van der Waals surface area contributed by atoms with Gasteiger partial charge in [0.2, 0.25) is 5.91 Å². The molecule has 0 fully saturated rings. The molecule has 1 rings (SSSR count). The van der Waals surface area contributed by atoms with Gasteiger partial charge >= 0.3 is 5.97 Å². The van der Waals surface area contributed by atoms with E-state index in [-0.39, 0.29) is 50.5 Å². The molecule has 0 aliphatic carbocycles. The minimum Gasteiger partial charge on any atom is -0.480 e. The summed E-state index contributed by atoms with van der Waals surface area (Å²) in [5.41, 5.74) is 0. The lowest BCUT2D eigenvalue weighted by atomic mass is 10.1. The van der Waals surface area contributed by atoms with Crippen LogP contribution in [0.2, 0.25) is 0 Å². The van der Waals surface area contributed by atoms with Crippen molar-refractivity contribution < 1.29 is 43.6 Å². The van der Waals surface area contributed by atoms with E-state index in [1.54, 1.807) is 0 Å². The van der Waals surface area contributed by atoms with Gasteiger partial charge in [0.05, 0.1) is 46.2 Å². The lowest BCUT2D eigenvalue weighted by Crippen LogP contribution is -2.38. The maximum Gasteiger partial charge on any atom is 0.323 e. The molecule has 0 saturated heterocycles. The number of imide groups is 1. The molecular formula is C20H32N2O9. The molecule has 176 valence electrons. The summed E-state index contributed by atoms with van der Waals surface area (Å²) in [6.45, 7) is 1.89. The first-order valence-corrected chi connectivity index (χ1v) is 10.3. The Bertz CT molecular complexity index is 591. The molecule has 0 aromatic carbocycles. The number of amides is 3. The first-order chi connectivity index (χ1) is 15.0. The minimum atomic E-state index is -1.10. The van der Waals surface area contributed by atoms with Gasteiger partial charge in [-0.05, 0) is 12.8 Å². The number of carbonyl (C=O) groups excluding carboxylic acids is 3. The number of hydrogen-bond donors (Lipinski definition) is 2. The van der Waals surface area contributed by atoms with Crippen molar-refractivity contribution in [3.05, 3.63) is 12.2 Å². The number of aliphatic hydroxyl groups is 1. The van der Waals surface area contributed by atoms with Gasteiger partial charge in [-0.25, -0.2) is 0 Å². The highest BCUT2D eigenvalue weighted by atomic mass is 16.5. The van der Waals surface area contributed by atoms with Crippen LogP contribution in [0.15, 0.2) is 12.2 Å². The maximum absolute atomic E-state index is 12.3. The van der Waals surface area contributed by atoms with Crippen molar-refractivity contribution in [1.29, 1.82) is 0 Å². The normalized spacial score (nSPS) is 13.3. The van der Waals surface area contributed by atoms with Crippen LogP contribution in [0.1, 0.15) is 25.7 Å². The summed E-state index contributed by atoms with van der Waals surface area (Å²) in [5, 5.41) is 17.6. The molecule has 1 aliphatic heterocycles. The van der Waals surface area contributed by atoms with Crippen molar-refractivity contribution in [2.45, 2.75) is 25.7 Å². The summed E-state index contributed by atoms with van der Waals surface area (Å²) in [5.74, 6) is -2.03. The highest BCUT2D eigenvalue weighted by Gasteiger charge is 2.22. The van der Waals surface area contributed by atoms with E-state index in [0.29, 0.717) is 52.2 Å². The van der Waals surface area contributed by atoms with Crippen LogP contribution in [0.4, 0.5) is 0 Å². The van der Waals surface area contributed by atoms with Crippen molar-refractivity contribution in [2.75, 3.05) is 65.9 Å². The number of ether oxygens (including phenoxy) is 3. The highest BCUT2D eigenvalue weighted by Crippen LogP contribution is 2.09. The van der Waals surface area contributed by atoms with E-state index in [9.17, 15) is 19.2 Å². The summed E-state index contributed by atoms with van der Waals surface area (Å²) >= 11 is 0. The Labute approximate surface area is 181 Å². The fourth-order valence-electron chi connectivity index (χ4n) is 2.77.